The Kier molecular flexibility index (Phi) is 5.45. The van der Waals surface area contributed by atoms with Crippen LogP contribution in [-0.2, 0) is 4.74 Å². The highest BCUT2D eigenvalue weighted by atomic mass is 127. The van der Waals surface area contributed by atoms with Gasteiger partial charge in [0.2, 0.25) is 0 Å². The van der Waals surface area contributed by atoms with E-state index in [9.17, 15) is 0 Å². The molecule has 1 atom stereocenters. The largest absolute Gasteiger partial charge is 0.381 e. The molecule has 0 aliphatic carbocycles. The van der Waals surface area contributed by atoms with E-state index in [1.807, 2.05) is 0 Å². The predicted octanol–water partition coefficient (Wildman–Crippen LogP) is 3.68. The first kappa shape index (κ1) is 14.3. The topological polar surface area (TPSA) is 21.3 Å². The summed E-state index contributed by atoms with van der Waals surface area (Å²) in [5.41, 5.74) is 2.84. The number of hydrogen-bond donors (Lipinski definition) is 1. The lowest BCUT2D eigenvalue weighted by Crippen LogP contribution is -2.32. The summed E-state index contributed by atoms with van der Waals surface area (Å²) < 4.78 is 6.90. The molecule has 0 aromatic heterocycles. The molecule has 2 nitrogen and oxygen atoms in total. The molecule has 0 saturated carbocycles. The molecule has 1 unspecified atom stereocenters. The van der Waals surface area contributed by atoms with Crippen molar-refractivity contribution in [3.05, 3.63) is 32.9 Å². The van der Waals surface area contributed by atoms with E-state index in [4.69, 9.17) is 4.74 Å². The molecule has 0 bridgehead atoms. The van der Waals surface area contributed by atoms with Gasteiger partial charge in [-0.15, -0.1) is 0 Å². The van der Waals surface area contributed by atoms with Crippen LogP contribution < -0.4 is 5.32 Å². The third kappa shape index (κ3) is 3.25. The van der Waals surface area contributed by atoms with Crippen LogP contribution in [0.25, 0.3) is 0 Å². The summed E-state index contributed by atoms with van der Waals surface area (Å²) in [4.78, 5) is 0. The molecule has 100 valence electrons. The Hall–Kier alpha value is -0.130. The van der Waals surface area contributed by atoms with Gasteiger partial charge in [-0.2, -0.15) is 0 Å². The summed E-state index contributed by atoms with van der Waals surface area (Å²) in [5.74, 6) is 0.703. The van der Waals surface area contributed by atoms with Crippen LogP contribution in [0.2, 0.25) is 0 Å². The van der Waals surface area contributed by atoms with Crippen LogP contribution in [0.4, 0.5) is 0 Å². The second-order valence-corrected chi connectivity index (χ2v) is 6.04. The van der Waals surface area contributed by atoms with Crippen molar-refractivity contribution in [3.63, 3.8) is 0 Å². The van der Waals surface area contributed by atoms with Crippen molar-refractivity contribution in [1.82, 2.24) is 5.32 Å². The number of benzene rings is 1. The van der Waals surface area contributed by atoms with E-state index in [1.54, 1.807) is 0 Å². The molecule has 1 fully saturated rings. The van der Waals surface area contributed by atoms with E-state index < -0.39 is 0 Å². The van der Waals surface area contributed by atoms with Crippen molar-refractivity contribution in [1.29, 1.82) is 0 Å². The van der Waals surface area contributed by atoms with E-state index in [-0.39, 0.29) is 0 Å². The minimum absolute atomic E-state index is 0.478. The van der Waals surface area contributed by atoms with E-state index >= 15 is 0 Å². The summed E-state index contributed by atoms with van der Waals surface area (Å²) in [6.07, 6.45) is 2.34. The highest BCUT2D eigenvalue weighted by molar-refractivity contribution is 14.1. The predicted molar refractivity (Wildman–Crippen MR) is 83.9 cm³/mol. The molecule has 18 heavy (non-hydrogen) atoms. The number of nitrogens with one attached hydrogen (secondary N) is 1. The van der Waals surface area contributed by atoms with Crippen molar-refractivity contribution >= 4 is 22.6 Å². The van der Waals surface area contributed by atoms with Crippen molar-refractivity contribution in [3.8, 4) is 0 Å². The number of aryl methyl sites for hydroxylation is 1. The molecule has 1 aromatic carbocycles. The van der Waals surface area contributed by atoms with Gasteiger partial charge in [0.15, 0.2) is 0 Å². The fourth-order valence-electron chi connectivity index (χ4n) is 2.71. The average molecular weight is 359 g/mol. The second-order valence-electron chi connectivity index (χ2n) is 4.96. The van der Waals surface area contributed by atoms with Crippen LogP contribution in [0.5, 0.6) is 0 Å². The molecule has 3 heteroatoms. The van der Waals surface area contributed by atoms with Crippen LogP contribution >= 0.6 is 22.6 Å². The maximum Gasteiger partial charge on any atom is 0.0469 e. The first-order chi connectivity index (χ1) is 8.74. The van der Waals surface area contributed by atoms with Gasteiger partial charge < -0.3 is 10.1 Å². The first-order valence-corrected chi connectivity index (χ1v) is 7.88. The highest BCUT2D eigenvalue weighted by Crippen LogP contribution is 2.33. The Labute approximate surface area is 124 Å². The van der Waals surface area contributed by atoms with Gasteiger partial charge in [0.1, 0.15) is 0 Å². The lowest BCUT2D eigenvalue weighted by atomic mass is 9.86. The molecule has 1 N–H and O–H groups in total. The minimum atomic E-state index is 0.478. The van der Waals surface area contributed by atoms with Gasteiger partial charge in [-0.05, 0) is 65.9 Å². The third-order valence-electron chi connectivity index (χ3n) is 3.72. The van der Waals surface area contributed by atoms with Gasteiger partial charge in [0.05, 0.1) is 0 Å². The Morgan fingerprint density at radius 1 is 1.39 bits per heavy atom. The Balaban J connectivity index is 2.25. The summed E-state index contributed by atoms with van der Waals surface area (Å²) >= 11 is 2.48. The molecule has 0 radical (unpaired) electrons. The molecular weight excluding hydrogens is 337 g/mol. The fraction of sp³-hybridized carbons (Fsp3) is 0.600. The standard InChI is InChI=1S/C15H22INO/c1-3-17-15(12-7-9-18-10-8-12)13-6-4-5-11(2)14(13)16/h4-6,12,15,17H,3,7-10H2,1-2H3. The van der Waals surface area contributed by atoms with Crippen molar-refractivity contribution in [2.24, 2.45) is 5.92 Å². The molecule has 1 aromatic rings. The van der Waals surface area contributed by atoms with Crippen LogP contribution in [-0.4, -0.2) is 19.8 Å². The van der Waals surface area contributed by atoms with E-state index in [2.05, 4.69) is 60.0 Å². The molecule has 1 aliphatic rings. The zero-order valence-corrected chi connectivity index (χ0v) is 13.4. The second kappa shape index (κ2) is 6.87. The number of halogens is 1. The van der Waals surface area contributed by atoms with Gasteiger partial charge >= 0.3 is 0 Å². The van der Waals surface area contributed by atoms with Crippen LogP contribution in [0, 0.1) is 16.4 Å². The molecule has 0 amide bonds. The van der Waals surface area contributed by atoms with Crippen LogP contribution in [0.1, 0.15) is 36.9 Å². The van der Waals surface area contributed by atoms with Gasteiger partial charge in [-0.25, -0.2) is 0 Å². The van der Waals surface area contributed by atoms with Crippen LogP contribution in [0.15, 0.2) is 18.2 Å². The fourth-order valence-corrected chi connectivity index (χ4v) is 3.41. The molecule has 0 spiro atoms. The molecule has 1 heterocycles. The van der Waals surface area contributed by atoms with Gasteiger partial charge in [0.25, 0.3) is 0 Å². The summed E-state index contributed by atoms with van der Waals surface area (Å²) in [7, 11) is 0. The summed E-state index contributed by atoms with van der Waals surface area (Å²) in [6.45, 7) is 7.23. The molecule has 1 aliphatic heterocycles. The van der Waals surface area contributed by atoms with E-state index in [1.165, 1.54) is 27.5 Å². The zero-order valence-electron chi connectivity index (χ0n) is 11.2. The van der Waals surface area contributed by atoms with E-state index in [0.29, 0.717) is 12.0 Å². The van der Waals surface area contributed by atoms with Crippen molar-refractivity contribution in [2.75, 3.05) is 19.8 Å². The molecule has 1 saturated heterocycles. The molecular formula is C15H22INO. The smallest absolute Gasteiger partial charge is 0.0469 e. The van der Waals surface area contributed by atoms with Gasteiger partial charge in [-0.1, -0.05) is 25.1 Å². The third-order valence-corrected chi connectivity index (χ3v) is 5.19. The monoisotopic (exact) mass is 359 g/mol. The summed E-state index contributed by atoms with van der Waals surface area (Å²) in [5, 5.41) is 3.68. The van der Waals surface area contributed by atoms with Gasteiger partial charge in [-0.3, -0.25) is 0 Å². The average Bonchev–Trinajstić information content (AvgIpc) is 2.41. The van der Waals surface area contributed by atoms with Crippen molar-refractivity contribution < 1.29 is 4.74 Å². The molecule has 2 rings (SSSR count). The van der Waals surface area contributed by atoms with E-state index in [0.717, 1.165) is 19.8 Å². The van der Waals surface area contributed by atoms with Crippen LogP contribution in [0.3, 0.4) is 0 Å². The Morgan fingerprint density at radius 2 is 2.11 bits per heavy atom. The number of rotatable bonds is 4. The number of ether oxygens (including phenoxy) is 1. The zero-order chi connectivity index (χ0) is 13.0. The lowest BCUT2D eigenvalue weighted by molar-refractivity contribution is 0.0537. The normalized spacial score (nSPS) is 18.8. The van der Waals surface area contributed by atoms with Gasteiger partial charge in [0, 0.05) is 22.8 Å². The maximum atomic E-state index is 5.49. The lowest BCUT2D eigenvalue weighted by Gasteiger charge is -2.32. The maximum absolute atomic E-state index is 5.49. The highest BCUT2D eigenvalue weighted by Gasteiger charge is 2.26. The van der Waals surface area contributed by atoms with Crippen molar-refractivity contribution in [2.45, 2.75) is 32.7 Å². The Morgan fingerprint density at radius 3 is 2.78 bits per heavy atom. The number of hydrogen-bond acceptors (Lipinski definition) is 2. The minimum Gasteiger partial charge on any atom is -0.381 e. The quantitative estimate of drug-likeness (QED) is 0.829. The first-order valence-electron chi connectivity index (χ1n) is 6.80. The Bertz CT molecular complexity index is 388. The summed E-state index contributed by atoms with van der Waals surface area (Å²) in [6, 6.07) is 7.12. The SMILES string of the molecule is CCNC(c1cccc(C)c1I)C1CCOCC1.